The monoisotopic (exact) mass is 489 g/mol. The van der Waals surface area contributed by atoms with Crippen LogP contribution in [-0.4, -0.2) is 82.1 Å². The summed E-state index contributed by atoms with van der Waals surface area (Å²) in [7, 11) is 0. The lowest BCUT2D eigenvalue weighted by molar-refractivity contribution is -0.130. The lowest BCUT2D eigenvalue weighted by atomic mass is 9.77. The zero-order chi connectivity index (χ0) is 23.9. The van der Waals surface area contributed by atoms with Crippen LogP contribution in [0.4, 0.5) is 4.79 Å². The van der Waals surface area contributed by atoms with E-state index in [1.807, 2.05) is 28.5 Å². The lowest BCUT2D eigenvalue weighted by Crippen LogP contribution is -2.45. The van der Waals surface area contributed by atoms with Crippen LogP contribution < -0.4 is 10.6 Å². The van der Waals surface area contributed by atoms with E-state index < -0.39 is 0 Å². The molecule has 9 nitrogen and oxygen atoms in total. The number of nitrogens with one attached hydrogen (secondary N) is 2. The first kappa shape index (κ1) is 23.5. The van der Waals surface area contributed by atoms with Crippen LogP contribution in [0.25, 0.3) is 0 Å². The summed E-state index contributed by atoms with van der Waals surface area (Å²) in [6, 6.07) is 0.454. The smallest absolute Gasteiger partial charge is 0.315 e. The number of aromatic nitrogens is 1. The van der Waals surface area contributed by atoms with Gasteiger partial charge in [-0.2, -0.15) is 11.8 Å². The van der Waals surface area contributed by atoms with E-state index in [1.165, 1.54) is 0 Å². The molecule has 186 valence electrons. The van der Waals surface area contributed by atoms with Gasteiger partial charge >= 0.3 is 6.03 Å². The minimum absolute atomic E-state index is 0.0109. The van der Waals surface area contributed by atoms with Gasteiger partial charge in [0.05, 0.1) is 17.8 Å². The number of hydrogen-bond acceptors (Lipinski definition) is 6. The van der Waals surface area contributed by atoms with Crippen LogP contribution >= 0.6 is 11.8 Å². The molecular formula is C24H35N5O4S. The number of thioether (sulfide) groups is 1. The number of rotatable bonds is 6. The number of unbranched alkanes of at least 4 members (excludes halogenated alkanes) is 1. The van der Waals surface area contributed by atoms with Crippen molar-refractivity contribution in [3.8, 4) is 0 Å². The standard InChI is InChI=1S/C24H35N5O4S/c1-15-20(16(2)33-27-15)22(31)28-10-7-24(8-11-28)9-12-29(14-24)19(30)6-4-3-5-18-21-17(13-34-18)25-23(32)26-21/h17-18,21H,3-14H2,1-2H3,(H2,25,26,32). The molecule has 4 saturated heterocycles. The summed E-state index contributed by atoms with van der Waals surface area (Å²) in [6.45, 7) is 6.68. The van der Waals surface area contributed by atoms with Crippen LogP contribution in [0.1, 0.15) is 66.8 Å². The predicted molar refractivity (Wildman–Crippen MR) is 129 cm³/mol. The molecule has 5 rings (SSSR count). The van der Waals surface area contributed by atoms with Crippen molar-refractivity contribution < 1.29 is 18.9 Å². The van der Waals surface area contributed by atoms with Gasteiger partial charge in [0.25, 0.3) is 5.91 Å². The number of piperidine rings is 1. The quantitative estimate of drug-likeness (QED) is 0.470. The molecule has 4 aliphatic heterocycles. The van der Waals surface area contributed by atoms with Gasteiger partial charge in [0.15, 0.2) is 0 Å². The van der Waals surface area contributed by atoms with Crippen molar-refractivity contribution in [2.24, 2.45) is 5.41 Å². The van der Waals surface area contributed by atoms with Crippen LogP contribution in [0.5, 0.6) is 0 Å². The van der Waals surface area contributed by atoms with Crippen LogP contribution in [0.15, 0.2) is 4.52 Å². The lowest BCUT2D eigenvalue weighted by Gasteiger charge is -2.39. The average molecular weight is 490 g/mol. The number of carbonyl (C=O) groups excluding carboxylic acids is 3. The topological polar surface area (TPSA) is 108 Å². The Morgan fingerprint density at radius 3 is 2.56 bits per heavy atom. The van der Waals surface area contributed by atoms with Gasteiger partial charge in [-0.15, -0.1) is 0 Å². The summed E-state index contributed by atoms with van der Waals surface area (Å²) in [5.74, 6) is 1.83. The molecule has 5 heterocycles. The fraction of sp³-hybridized carbons (Fsp3) is 0.750. The van der Waals surface area contributed by atoms with E-state index in [-0.39, 0.29) is 35.3 Å². The van der Waals surface area contributed by atoms with Crippen molar-refractivity contribution in [1.82, 2.24) is 25.6 Å². The van der Waals surface area contributed by atoms with E-state index in [0.29, 0.717) is 28.7 Å². The summed E-state index contributed by atoms with van der Waals surface area (Å²) in [5, 5.41) is 10.4. The van der Waals surface area contributed by atoms with Gasteiger partial charge in [-0.1, -0.05) is 11.6 Å². The Labute approximate surface area is 204 Å². The van der Waals surface area contributed by atoms with Crippen molar-refractivity contribution >= 4 is 29.6 Å². The molecule has 3 unspecified atom stereocenters. The maximum absolute atomic E-state index is 12.9. The van der Waals surface area contributed by atoms with Gasteiger partial charge < -0.3 is 25.0 Å². The zero-order valence-corrected chi connectivity index (χ0v) is 20.9. The highest BCUT2D eigenvalue weighted by Crippen LogP contribution is 2.41. The first-order valence-electron chi connectivity index (χ1n) is 12.5. The van der Waals surface area contributed by atoms with Gasteiger partial charge in [-0.25, -0.2) is 4.79 Å². The summed E-state index contributed by atoms with van der Waals surface area (Å²) >= 11 is 1.93. The van der Waals surface area contributed by atoms with Crippen molar-refractivity contribution in [3.05, 3.63) is 17.0 Å². The van der Waals surface area contributed by atoms with Crippen LogP contribution in [-0.2, 0) is 4.79 Å². The number of aryl methyl sites for hydroxylation is 2. The number of hydrogen-bond donors (Lipinski definition) is 2. The second-order valence-electron chi connectivity index (χ2n) is 10.4. The molecule has 1 spiro atoms. The number of urea groups is 1. The number of carbonyl (C=O) groups is 3. The molecule has 0 aromatic carbocycles. The molecule has 4 fully saturated rings. The molecule has 2 N–H and O–H groups in total. The molecule has 1 aromatic heterocycles. The molecule has 0 radical (unpaired) electrons. The Bertz CT molecular complexity index is 938. The van der Waals surface area contributed by atoms with Crippen molar-refractivity contribution in [2.75, 3.05) is 31.9 Å². The fourth-order valence-electron chi connectivity index (χ4n) is 6.11. The number of amides is 4. The normalized spacial score (nSPS) is 27.7. The van der Waals surface area contributed by atoms with Crippen LogP contribution in [0, 0.1) is 19.3 Å². The molecule has 1 aromatic rings. The maximum atomic E-state index is 12.9. The third-order valence-corrected chi connectivity index (χ3v) is 9.73. The fourth-order valence-corrected chi connectivity index (χ4v) is 7.65. The second-order valence-corrected chi connectivity index (χ2v) is 11.7. The molecule has 0 bridgehead atoms. The van der Waals surface area contributed by atoms with Gasteiger partial charge in [0.1, 0.15) is 11.3 Å². The third kappa shape index (κ3) is 4.53. The van der Waals surface area contributed by atoms with Crippen molar-refractivity contribution in [1.29, 1.82) is 0 Å². The Kier molecular flexibility index (Phi) is 6.52. The molecular weight excluding hydrogens is 454 g/mol. The highest BCUT2D eigenvalue weighted by molar-refractivity contribution is 8.00. The summed E-state index contributed by atoms with van der Waals surface area (Å²) in [5.41, 5.74) is 1.39. The SMILES string of the molecule is Cc1noc(C)c1C(=O)N1CCC2(CCN(C(=O)CCCCC3SCC4NC(=O)NC43)C2)CC1. The second kappa shape index (κ2) is 9.43. The summed E-state index contributed by atoms with van der Waals surface area (Å²) in [4.78, 5) is 41.3. The van der Waals surface area contributed by atoms with E-state index in [9.17, 15) is 14.4 Å². The van der Waals surface area contributed by atoms with Crippen molar-refractivity contribution in [3.63, 3.8) is 0 Å². The molecule has 4 amide bonds. The zero-order valence-electron chi connectivity index (χ0n) is 20.1. The minimum atomic E-state index is -0.0441. The van der Waals surface area contributed by atoms with Gasteiger partial charge in [-0.05, 0) is 51.4 Å². The van der Waals surface area contributed by atoms with Gasteiger partial charge in [-0.3, -0.25) is 9.59 Å². The Morgan fingerprint density at radius 2 is 1.85 bits per heavy atom. The van der Waals surface area contributed by atoms with E-state index in [0.717, 1.165) is 70.5 Å². The van der Waals surface area contributed by atoms with E-state index >= 15 is 0 Å². The molecule has 0 saturated carbocycles. The summed E-state index contributed by atoms with van der Waals surface area (Å²) < 4.78 is 5.17. The molecule has 3 atom stereocenters. The number of fused-ring (bicyclic) bond motifs is 1. The van der Waals surface area contributed by atoms with Crippen LogP contribution in [0.3, 0.4) is 0 Å². The largest absolute Gasteiger partial charge is 0.361 e. The first-order valence-corrected chi connectivity index (χ1v) is 13.6. The van der Waals surface area contributed by atoms with Gasteiger partial charge in [0, 0.05) is 43.6 Å². The highest BCUT2D eigenvalue weighted by atomic mass is 32.2. The third-order valence-electron chi connectivity index (χ3n) is 8.22. The molecule has 4 aliphatic rings. The number of likely N-dealkylation sites (tertiary alicyclic amines) is 2. The molecule has 34 heavy (non-hydrogen) atoms. The average Bonchev–Trinajstić information content (AvgIpc) is 3.57. The first-order chi connectivity index (χ1) is 16.3. The van der Waals surface area contributed by atoms with E-state index in [1.54, 1.807) is 6.92 Å². The summed E-state index contributed by atoms with van der Waals surface area (Å²) in [6.07, 6.45) is 6.46. The number of nitrogens with zero attached hydrogens (tertiary/aromatic N) is 3. The predicted octanol–water partition coefficient (Wildman–Crippen LogP) is 2.47. The molecule has 10 heteroatoms. The maximum Gasteiger partial charge on any atom is 0.315 e. The van der Waals surface area contributed by atoms with E-state index in [2.05, 4.69) is 15.8 Å². The Balaban J connectivity index is 1.04. The van der Waals surface area contributed by atoms with Crippen molar-refractivity contribution in [2.45, 2.75) is 76.1 Å². The minimum Gasteiger partial charge on any atom is -0.361 e. The highest BCUT2D eigenvalue weighted by Gasteiger charge is 2.44. The Morgan fingerprint density at radius 1 is 1.12 bits per heavy atom. The van der Waals surface area contributed by atoms with E-state index in [4.69, 9.17) is 4.52 Å². The molecule has 0 aliphatic carbocycles. The Hall–Kier alpha value is -2.23. The van der Waals surface area contributed by atoms with Gasteiger partial charge in [0.2, 0.25) is 5.91 Å². The van der Waals surface area contributed by atoms with Crippen LogP contribution in [0.2, 0.25) is 0 Å².